The Balaban J connectivity index is 1.32. The zero-order valence-corrected chi connectivity index (χ0v) is 15.9. The summed E-state index contributed by atoms with van der Waals surface area (Å²) in [5.41, 5.74) is 1.85. The summed E-state index contributed by atoms with van der Waals surface area (Å²) in [6, 6.07) is 7.15. The number of aryl methyl sites for hydroxylation is 2. The molecule has 0 aliphatic heterocycles. The van der Waals surface area contributed by atoms with Crippen LogP contribution in [0.5, 0.6) is 10.9 Å². The molecule has 0 fully saturated rings. The van der Waals surface area contributed by atoms with Crippen molar-refractivity contribution in [3.8, 4) is 10.9 Å². The summed E-state index contributed by atoms with van der Waals surface area (Å²) in [5.74, 6) is 0.510. The van der Waals surface area contributed by atoms with Crippen LogP contribution in [0.25, 0.3) is 0 Å². The van der Waals surface area contributed by atoms with Gasteiger partial charge >= 0.3 is 0 Å². The Kier molecular flexibility index (Phi) is 5.26. The van der Waals surface area contributed by atoms with Crippen LogP contribution in [0.2, 0.25) is 0 Å². The summed E-state index contributed by atoms with van der Waals surface area (Å²) in [6.45, 7) is 0.586. The third-order valence-corrected chi connectivity index (χ3v) is 6.09. The van der Waals surface area contributed by atoms with E-state index in [0.29, 0.717) is 23.1 Å². The molecule has 1 aromatic carbocycles. The van der Waals surface area contributed by atoms with Crippen LogP contribution >= 0.6 is 22.7 Å². The maximum atomic E-state index is 12.4. The highest BCUT2D eigenvalue weighted by Gasteiger charge is 2.15. The summed E-state index contributed by atoms with van der Waals surface area (Å²) in [4.78, 5) is 22.6. The topological polar surface area (TPSA) is 64.1 Å². The van der Waals surface area contributed by atoms with Gasteiger partial charge < -0.3 is 10.1 Å². The molecule has 0 saturated carbocycles. The number of aromatic nitrogens is 2. The van der Waals surface area contributed by atoms with Gasteiger partial charge in [-0.15, -0.1) is 11.3 Å². The molecule has 1 aliphatic carbocycles. The minimum absolute atomic E-state index is 0.101. The third-order valence-electron chi connectivity index (χ3n) is 4.23. The van der Waals surface area contributed by atoms with Gasteiger partial charge in [0, 0.05) is 35.0 Å². The Morgan fingerprint density at radius 2 is 2.19 bits per heavy atom. The van der Waals surface area contributed by atoms with Gasteiger partial charge in [-0.1, -0.05) is 17.4 Å². The monoisotopic (exact) mass is 385 g/mol. The number of carbonyl (C=O) groups is 1. The average Bonchev–Trinajstić information content (AvgIpc) is 3.31. The van der Waals surface area contributed by atoms with Gasteiger partial charge in [0.05, 0.1) is 10.7 Å². The largest absolute Gasteiger partial charge is 0.431 e. The van der Waals surface area contributed by atoms with Crippen molar-refractivity contribution in [2.24, 2.45) is 0 Å². The van der Waals surface area contributed by atoms with Crippen molar-refractivity contribution < 1.29 is 9.53 Å². The van der Waals surface area contributed by atoms with E-state index in [4.69, 9.17) is 9.72 Å². The van der Waals surface area contributed by atoms with Crippen LogP contribution in [-0.4, -0.2) is 22.4 Å². The van der Waals surface area contributed by atoms with Gasteiger partial charge in [-0.05, 0) is 43.9 Å². The number of benzene rings is 1. The Morgan fingerprint density at radius 1 is 1.27 bits per heavy atom. The second-order valence-electron chi connectivity index (χ2n) is 6.12. The Labute approximate surface area is 160 Å². The third kappa shape index (κ3) is 4.11. The van der Waals surface area contributed by atoms with Crippen LogP contribution in [0.15, 0.2) is 35.8 Å². The van der Waals surface area contributed by atoms with Gasteiger partial charge in [0.2, 0.25) is 0 Å². The molecule has 0 spiro atoms. The number of nitrogens with zero attached hydrogens (tertiary/aromatic N) is 2. The molecular weight excluding hydrogens is 366 g/mol. The molecule has 4 rings (SSSR count). The molecule has 2 aromatic heterocycles. The van der Waals surface area contributed by atoms with E-state index in [2.05, 4.69) is 10.3 Å². The molecule has 5 nitrogen and oxygen atoms in total. The van der Waals surface area contributed by atoms with Gasteiger partial charge in [0.15, 0.2) is 0 Å². The molecule has 0 atom stereocenters. The highest BCUT2D eigenvalue weighted by molar-refractivity contribution is 7.11. The normalized spacial score (nSPS) is 13.2. The lowest BCUT2D eigenvalue weighted by molar-refractivity contribution is 0.0954. The van der Waals surface area contributed by atoms with Crippen molar-refractivity contribution in [2.45, 2.75) is 32.1 Å². The lowest BCUT2D eigenvalue weighted by Gasteiger charge is -2.06. The molecule has 26 heavy (non-hydrogen) atoms. The second kappa shape index (κ2) is 7.97. The van der Waals surface area contributed by atoms with E-state index in [0.717, 1.165) is 24.3 Å². The van der Waals surface area contributed by atoms with Crippen LogP contribution in [0.4, 0.5) is 0 Å². The molecule has 7 heteroatoms. The average molecular weight is 386 g/mol. The van der Waals surface area contributed by atoms with Crippen molar-refractivity contribution >= 4 is 28.6 Å². The zero-order valence-electron chi connectivity index (χ0n) is 14.2. The fraction of sp³-hybridized carbons (Fsp3) is 0.316. The summed E-state index contributed by atoms with van der Waals surface area (Å²) in [6.07, 6.45) is 7.23. The van der Waals surface area contributed by atoms with Crippen LogP contribution in [0.3, 0.4) is 0 Å². The van der Waals surface area contributed by atoms with Gasteiger partial charge in [-0.25, -0.2) is 9.97 Å². The zero-order chi connectivity index (χ0) is 17.8. The van der Waals surface area contributed by atoms with Gasteiger partial charge in [-0.2, -0.15) is 0 Å². The smallest absolute Gasteiger partial charge is 0.278 e. The second-order valence-corrected chi connectivity index (χ2v) is 8.14. The maximum Gasteiger partial charge on any atom is 0.278 e. The highest BCUT2D eigenvalue weighted by Crippen LogP contribution is 2.27. The minimum Gasteiger partial charge on any atom is -0.431 e. The summed E-state index contributed by atoms with van der Waals surface area (Å²) < 4.78 is 5.65. The van der Waals surface area contributed by atoms with Gasteiger partial charge in [0.1, 0.15) is 5.75 Å². The highest BCUT2D eigenvalue weighted by atomic mass is 32.1. The van der Waals surface area contributed by atoms with E-state index >= 15 is 0 Å². The van der Waals surface area contributed by atoms with Crippen molar-refractivity contribution in [1.29, 1.82) is 0 Å². The van der Waals surface area contributed by atoms with E-state index in [1.54, 1.807) is 29.7 Å². The minimum atomic E-state index is -0.101. The van der Waals surface area contributed by atoms with Crippen molar-refractivity contribution in [2.75, 3.05) is 6.54 Å². The van der Waals surface area contributed by atoms with Crippen molar-refractivity contribution in [3.63, 3.8) is 0 Å². The molecule has 0 unspecified atom stereocenters. The Morgan fingerprint density at radius 3 is 3.04 bits per heavy atom. The summed E-state index contributed by atoms with van der Waals surface area (Å²) in [5, 5.41) is 6.51. The summed E-state index contributed by atoms with van der Waals surface area (Å²) >= 11 is 3.21. The first-order chi connectivity index (χ1) is 12.8. The molecular formula is C19H19N3O2S2. The quantitative estimate of drug-likeness (QED) is 0.689. The predicted octanol–water partition coefficient (Wildman–Crippen LogP) is 4.24. The van der Waals surface area contributed by atoms with Gasteiger partial charge in [0.25, 0.3) is 11.1 Å². The van der Waals surface area contributed by atoms with E-state index in [1.807, 2.05) is 17.5 Å². The molecule has 2 heterocycles. The molecule has 0 saturated heterocycles. The van der Waals surface area contributed by atoms with E-state index in [1.165, 1.54) is 34.7 Å². The van der Waals surface area contributed by atoms with Crippen LogP contribution in [0.1, 0.15) is 38.8 Å². The molecule has 0 radical (unpaired) electrons. The van der Waals surface area contributed by atoms with Crippen molar-refractivity contribution in [1.82, 2.24) is 15.3 Å². The van der Waals surface area contributed by atoms with Crippen LogP contribution in [-0.2, 0) is 19.3 Å². The molecule has 0 bridgehead atoms. The molecule has 1 amide bonds. The molecule has 134 valence electrons. The SMILES string of the molecule is O=C(NCCc1nc2c(s1)CCCC2)c1cccc(Oc2nccs2)c1. The Hall–Kier alpha value is -2.25. The number of thiazole rings is 2. The lowest BCUT2D eigenvalue weighted by atomic mass is 10.0. The fourth-order valence-corrected chi connectivity index (χ4v) is 4.62. The number of hydrogen-bond donors (Lipinski definition) is 1. The maximum absolute atomic E-state index is 12.4. The first-order valence-electron chi connectivity index (χ1n) is 8.71. The van der Waals surface area contributed by atoms with Crippen LogP contribution < -0.4 is 10.1 Å². The standard InChI is InChI=1S/C19H19N3O2S2/c23-18(13-4-3-5-14(12-13)24-19-21-10-11-25-19)20-9-8-17-22-15-6-1-2-7-16(15)26-17/h3-5,10-12H,1-2,6-9H2,(H,20,23). The number of fused-ring (bicyclic) bond motifs is 1. The first kappa shape index (κ1) is 17.2. The van der Waals surface area contributed by atoms with E-state index in [-0.39, 0.29) is 5.91 Å². The summed E-state index contributed by atoms with van der Waals surface area (Å²) in [7, 11) is 0. The van der Waals surface area contributed by atoms with Crippen molar-refractivity contribution in [3.05, 3.63) is 57.0 Å². The molecule has 1 N–H and O–H groups in total. The molecule has 1 aliphatic rings. The predicted molar refractivity (Wildman–Crippen MR) is 103 cm³/mol. The number of nitrogens with one attached hydrogen (secondary N) is 1. The lowest BCUT2D eigenvalue weighted by Crippen LogP contribution is -2.25. The number of ether oxygens (including phenoxy) is 1. The number of carbonyl (C=O) groups excluding carboxylic acids is 1. The number of hydrogen-bond acceptors (Lipinski definition) is 6. The Bertz CT molecular complexity index is 867. The van der Waals surface area contributed by atoms with Crippen LogP contribution in [0, 0.1) is 0 Å². The van der Waals surface area contributed by atoms with E-state index < -0.39 is 0 Å². The first-order valence-corrected chi connectivity index (χ1v) is 10.4. The fourth-order valence-electron chi connectivity index (χ4n) is 2.96. The van der Waals surface area contributed by atoms with E-state index in [9.17, 15) is 4.79 Å². The number of rotatable bonds is 6. The number of amides is 1. The van der Waals surface area contributed by atoms with Gasteiger partial charge in [-0.3, -0.25) is 4.79 Å². The molecule has 3 aromatic rings.